The first-order chi connectivity index (χ1) is 20.9. The van der Waals surface area contributed by atoms with E-state index in [2.05, 4.69) is 5.32 Å². The Labute approximate surface area is 256 Å². The summed E-state index contributed by atoms with van der Waals surface area (Å²) < 4.78 is 24.3. The van der Waals surface area contributed by atoms with Crippen LogP contribution in [0.2, 0.25) is 0 Å². The fourth-order valence-corrected chi connectivity index (χ4v) is 11.3. The number of para-hydroxylation sites is 1. The molecule has 1 saturated heterocycles. The lowest BCUT2D eigenvalue weighted by Crippen LogP contribution is -2.89. The average Bonchev–Trinajstić information content (AvgIpc) is 3.34. The van der Waals surface area contributed by atoms with E-state index in [0.717, 1.165) is 0 Å². The third-order valence-corrected chi connectivity index (χ3v) is 12.5. The summed E-state index contributed by atoms with van der Waals surface area (Å²) in [5.74, 6) is -4.11. The molecule has 7 rings (SSSR count). The van der Waals surface area contributed by atoms with E-state index in [1.54, 1.807) is 24.3 Å². The van der Waals surface area contributed by atoms with Crippen LogP contribution in [0.4, 0.5) is 5.69 Å². The molecular formula is C32H42N2O10. The van der Waals surface area contributed by atoms with Crippen molar-refractivity contribution in [3.05, 3.63) is 29.8 Å². The predicted octanol–water partition coefficient (Wildman–Crippen LogP) is 0.516. The van der Waals surface area contributed by atoms with E-state index >= 15 is 4.79 Å². The number of hydrogen-bond acceptors (Lipinski definition) is 11. The highest BCUT2D eigenvalue weighted by Gasteiger charge is 2.96. The molecule has 0 aromatic heterocycles. The Kier molecular flexibility index (Phi) is 6.55. The molecule has 4 unspecified atom stereocenters. The molecule has 12 nitrogen and oxygen atoms in total. The van der Waals surface area contributed by atoms with Crippen LogP contribution in [0.1, 0.15) is 49.9 Å². The molecule has 1 aliphatic heterocycles. The lowest BCUT2D eigenvalue weighted by atomic mass is 9.42. The van der Waals surface area contributed by atoms with Gasteiger partial charge in [0.15, 0.2) is 0 Å². The molecule has 1 aromatic carbocycles. The Balaban J connectivity index is 1.45. The number of methoxy groups -OCH3 is 3. The van der Waals surface area contributed by atoms with Gasteiger partial charge >= 0.3 is 5.97 Å². The highest BCUT2D eigenvalue weighted by atomic mass is 16.6. The van der Waals surface area contributed by atoms with Crippen molar-refractivity contribution in [1.29, 1.82) is 0 Å². The van der Waals surface area contributed by atoms with Crippen LogP contribution in [-0.2, 0) is 28.5 Å². The van der Waals surface area contributed by atoms with Crippen LogP contribution in [0.25, 0.3) is 0 Å². The maximum absolute atomic E-state index is 15.0. The normalized spacial score (nSPS) is 48.3. The summed E-state index contributed by atoms with van der Waals surface area (Å²) in [5.41, 5.74) is -8.81. The standard InChI is InChI=1S/C32H42N2O10/c1-6-34-15-28(44-27(37)17-9-7-8-10-19(17)33-16(2)35)12-11-21(42-4)31-24(28)23(36)22(25(31)34)29(38)14-20(41-3)18-13-30(31,39)32(29,40)26(18)43-5/h7-10,18,20-22,24-26,38-40H,6,11-15H2,1-5H3,(H,33,35)/t18?,20-,21-,22?,24+,25?,26-,28+,29-,30+,31?,32-/m0/s1. The van der Waals surface area contributed by atoms with Crippen LogP contribution in [0.3, 0.4) is 0 Å². The Bertz CT molecular complexity index is 1420. The molecule has 4 N–H and O–H groups in total. The number of carbonyl (C=O) groups excluding carboxylic acids is 3. The second kappa shape index (κ2) is 9.54. The number of hydrogen-bond donors (Lipinski definition) is 4. The van der Waals surface area contributed by atoms with E-state index in [4.69, 9.17) is 18.9 Å². The van der Waals surface area contributed by atoms with Crippen molar-refractivity contribution in [2.45, 2.75) is 86.3 Å². The van der Waals surface area contributed by atoms with Gasteiger partial charge in [-0.3, -0.25) is 14.5 Å². The number of likely N-dealkylation sites (tertiary alicyclic amines) is 1. The van der Waals surface area contributed by atoms with Crippen molar-refractivity contribution in [2.24, 2.45) is 23.2 Å². The molecule has 44 heavy (non-hydrogen) atoms. The minimum Gasteiger partial charge on any atom is -0.453 e. The highest BCUT2D eigenvalue weighted by Crippen LogP contribution is 2.79. The van der Waals surface area contributed by atoms with Crippen molar-refractivity contribution in [3.8, 4) is 0 Å². The first-order valence-electron chi connectivity index (χ1n) is 15.5. The largest absolute Gasteiger partial charge is 0.453 e. The van der Waals surface area contributed by atoms with Crippen molar-refractivity contribution in [3.63, 3.8) is 0 Å². The second-order valence-corrected chi connectivity index (χ2v) is 13.8. The smallest absolute Gasteiger partial charge is 0.340 e. The Hall–Kier alpha value is -2.45. The van der Waals surface area contributed by atoms with Crippen LogP contribution in [0.5, 0.6) is 0 Å². The number of Topliss-reactive ketones (excluding diaryl/α,β-unsaturated/α-hetero) is 1. The van der Waals surface area contributed by atoms with Gasteiger partial charge in [-0.1, -0.05) is 19.1 Å². The fourth-order valence-electron chi connectivity index (χ4n) is 11.3. The quantitative estimate of drug-likeness (QED) is 0.317. The highest BCUT2D eigenvalue weighted by molar-refractivity contribution is 6.01. The number of esters is 1. The lowest BCUT2D eigenvalue weighted by Gasteiger charge is -2.72. The van der Waals surface area contributed by atoms with Crippen LogP contribution in [0, 0.1) is 23.2 Å². The summed E-state index contributed by atoms with van der Waals surface area (Å²) >= 11 is 0. The fraction of sp³-hybridized carbons (Fsp3) is 0.719. The number of rotatable bonds is 7. The van der Waals surface area contributed by atoms with Crippen molar-refractivity contribution in [2.75, 3.05) is 39.7 Å². The summed E-state index contributed by atoms with van der Waals surface area (Å²) in [6.07, 6.45) is -1.74. The van der Waals surface area contributed by atoms with Crippen LogP contribution in [0.15, 0.2) is 24.3 Å². The molecule has 1 spiro atoms. The monoisotopic (exact) mass is 614 g/mol. The zero-order chi connectivity index (χ0) is 31.6. The maximum atomic E-state index is 15.0. The van der Waals surface area contributed by atoms with Gasteiger partial charge in [0, 0.05) is 53.2 Å². The molecule has 12 atom stereocenters. The van der Waals surface area contributed by atoms with Gasteiger partial charge < -0.3 is 39.6 Å². The summed E-state index contributed by atoms with van der Waals surface area (Å²) in [4.78, 5) is 43.0. The van der Waals surface area contributed by atoms with Gasteiger partial charge in [-0.25, -0.2) is 4.79 Å². The van der Waals surface area contributed by atoms with E-state index in [1.165, 1.54) is 28.3 Å². The van der Waals surface area contributed by atoms with Gasteiger partial charge in [0.05, 0.1) is 46.8 Å². The topological polar surface area (TPSA) is 164 Å². The Morgan fingerprint density at radius 3 is 2.43 bits per heavy atom. The molecule has 1 amide bonds. The number of ketones is 1. The summed E-state index contributed by atoms with van der Waals surface area (Å²) in [5, 5.41) is 41.6. The molecule has 6 aliphatic rings. The molecule has 7 bridgehead atoms. The van der Waals surface area contributed by atoms with E-state index in [-0.39, 0.29) is 48.7 Å². The number of ether oxygens (including phenoxy) is 4. The number of anilines is 1. The number of nitrogens with zero attached hydrogens (tertiary/aromatic N) is 1. The first kappa shape index (κ1) is 30.2. The van der Waals surface area contributed by atoms with Gasteiger partial charge in [0.1, 0.15) is 28.2 Å². The van der Waals surface area contributed by atoms with Gasteiger partial charge in [0.2, 0.25) is 5.91 Å². The zero-order valence-corrected chi connectivity index (χ0v) is 25.7. The van der Waals surface area contributed by atoms with Gasteiger partial charge in [-0.15, -0.1) is 0 Å². The van der Waals surface area contributed by atoms with Gasteiger partial charge in [0.25, 0.3) is 0 Å². The van der Waals surface area contributed by atoms with Crippen LogP contribution >= 0.6 is 0 Å². The molecule has 1 heterocycles. The molecule has 5 aliphatic carbocycles. The lowest BCUT2D eigenvalue weighted by molar-refractivity contribution is -0.384. The average molecular weight is 615 g/mol. The number of piperidine rings is 1. The van der Waals surface area contributed by atoms with Gasteiger partial charge in [-0.2, -0.15) is 0 Å². The molecule has 6 fully saturated rings. The number of benzene rings is 1. The third kappa shape index (κ3) is 3.11. The van der Waals surface area contributed by atoms with Crippen molar-refractivity contribution in [1.82, 2.24) is 4.90 Å². The minimum atomic E-state index is -2.22. The van der Waals surface area contributed by atoms with E-state index in [1.807, 2.05) is 11.8 Å². The maximum Gasteiger partial charge on any atom is 0.340 e. The number of amides is 1. The second-order valence-electron chi connectivity index (χ2n) is 13.8. The number of likely N-dealkylation sites (N-methyl/N-ethyl adjacent to an activating group) is 1. The van der Waals surface area contributed by atoms with Crippen LogP contribution in [-0.4, -0.2) is 119 Å². The summed E-state index contributed by atoms with van der Waals surface area (Å²) in [7, 11) is 4.49. The van der Waals surface area contributed by atoms with Crippen molar-refractivity contribution >= 4 is 23.3 Å². The number of aliphatic hydroxyl groups is 3. The van der Waals surface area contributed by atoms with Gasteiger partial charge in [-0.05, 0) is 37.9 Å². The number of nitrogens with one attached hydrogen (secondary N) is 1. The zero-order valence-electron chi connectivity index (χ0n) is 25.7. The molecular weight excluding hydrogens is 572 g/mol. The predicted molar refractivity (Wildman–Crippen MR) is 154 cm³/mol. The molecule has 0 radical (unpaired) electrons. The van der Waals surface area contributed by atoms with E-state index in [0.29, 0.717) is 13.0 Å². The molecule has 12 heteroatoms. The summed E-state index contributed by atoms with van der Waals surface area (Å²) in [6.45, 7) is 3.90. The third-order valence-electron chi connectivity index (χ3n) is 12.5. The Morgan fingerprint density at radius 2 is 1.80 bits per heavy atom. The van der Waals surface area contributed by atoms with E-state index < -0.39 is 75.9 Å². The molecule has 1 aromatic rings. The summed E-state index contributed by atoms with van der Waals surface area (Å²) in [6, 6.07) is 5.82. The first-order valence-corrected chi connectivity index (χ1v) is 15.5. The van der Waals surface area contributed by atoms with Crippen LogP contribution < -0.4 is 5.32 Å². The SMILES string of the molecule is CCN1C[C@]2(OC(=O)c3ccccc3NC(C)=O)CC[C@H](OC)C34C1C(C(=O)[C@@H]32)[C@@]1(O)C[C@H](OC)C2C[C@]4(O)[C@]1(O)[C@H]2OC. The Morgan fingerprint density at radius 1 is 1.07 bits per heavy atom. The number of fused-ring (bicyclic) bond motifs is 2. The van der Waals surface area contributed by atoms with E-state index in [9.17, 15) is 24.9 Å². The molecule has 240 valence electrons. The molecule has 5 saturated carbocycles. The number of carbonyl (C=O) groups is 3. The minimum absolute atomic E-state index is 0.00261. The van der Waals surface area contributed by atoms with Crippen molar-refractivity contribution < 1.29 is 48.7 Å².